The number of alkyl halides is 2. The second-order valence-corrected chi connectivity index (χ2v) is 7.13. The molecule has 2 rings (SSSR count). The number of carbonyl (C=O) groups excluding carboxylic acids is 1. The van der Waals surface area contributed by atoms with Gasteiger partial charge in [-0.05, 0) is 35.4 Å². The van der Waals surface area contributed by atoms with Crippen LogP contribution < -0.4 is 0 Å². The average molecular weight is 405 g/mol. The molecule has 0 aliphatic heterocycles. The lowest BCUT2D eigenvalue weighted by Gasteiger charge is -2.21. The monoisotopic (exact) mass is 404 g/mol. The number of carboxylic acid groups (broad SMARTS) is 1. The van der Waals surface area contributed by atoms with Crippen molar-refractivity contribution in [3.05, 3.63) is 69.7 Å². The Kier molecular flexibility index (Phi) is 6.81. The summed E-state index contributed by atoms with van der Waals surface area (Å²) in [7, 11) is 0. The predicted octanol–water partition coefficient (Wildman–Crippen LogP) is 5.10. The minimum absolute atomic E-state index is 0.474. The first-order valence-corrected chi connectivity index (χ1v) is 8.70. The quantitative estimate of drug-likeness (QED) is 0.651. The van der Waals surface area contributed by atoms with Gasteiger partial charge in [0.05, 0.1) is 5.25 Å². The topological polar surface area (TPSA) is 54.4 Å². The lowest BCUT2D eigenvalue weighted by Crippen LogP contribution is -2.32. The van der Waals surface area contributed by atoms with Crippen LogP contribution in [-0.4, -0.2) is 28.5 Å². The van der Waals surface area contributed by atoms with Crippen LogP contribution in [0.15, 0.2) is 48.5 Å². The van der Waals surface area contributed by atoms with Crippen LogP contribution in [-0.2, 0) is 9.59 Å². The Hall–Kier alpha value is -1.63. The molecule has 25 heavy (non-hydrogen) atoms. The molecule has 1 unspecified atom stereocenters. The molecule has 0 saturated carbocycles. The van der Waals surface area contributed by atoms with Crippen LogP contribution in [0.3, 0.4) is 0 Å². The van der Waals surface area contributed by atoms with E-state index in [1.807, 2.05) is 0 Å². The van der Waals surface area contributed by atoms with Gasteiger partial charge in [-0.25, -0.2) is 8.78 Å². The van der Waals surface area contributed by atoms with Gasteiger partial charge in [0.1, 0.15) is 0 Å². The number of benzene rings is 2. The molecular weight excluding hydrogens is 393 g/mol. The highest BCUT2D eigenvalue weighted by Gasteiger charge is 2.36. The molecule has 0 spiro atoms. The normalized spacial score (nSPS) is 12.4. The van der Waals surface area contributed by atoms with Crippen molar-refractivity contribution in [2.24, 2.45) is 0 Å². The smallest absolute Gasteiger partial charge is 0.324 e. The van der Waals surface area contributed by atoms with Gasteiger partial charge in [0.15, 0.2) is 5.25 Å². The minimum Gasteiger partial charge on any atom is -0.480 e. The van der Waals surface area contributed by atoms with E-state index in [0.29, 0.717) is 32.9 Å². The minimum atomic E-state index is -3.36. The van der Waals surface area contributed by atoms with Crippen LogP contribution in [0.2, 0.25) is 10.0 Å². The van der Waals surface area contributed by atoms with Crippen LogP contribution in [0.5, 0.6) is 0 Å². The number of carbonyl (C=O) groups is 2. The highest BCUT2D eigenvalue weighted by Crippen LogP contribution is 2.40. The van der Waals surface area contributed by atoms with Crippen LogP contribution in [0.1, 0.15) is 16.4 Å². The van der Waals surface area contributed by atoms with E-state index in [4.69, 9.17) is 23.2 Å². The maximum absolute atomic E-state index is 12.7. The molecule has 0 aromatic heterocycles. The van der Waals surface area contributed by atoms with E-state index >= 15 is 0 Å². The molecule has 1 atom stereocenters. The highest BCUT2D eigenvalue weighted by molar-refractivity contribution is 8.01. The summed E-state index contributed by atoms with van der Waals surface area (Å²) < 4.78 is 25.5. The summed E-state index contributed by atoms with van der Waals surface area (Å²) in [5, 5.41) is 7.61. The van der Waals surface area contributed by atoms with Crippen molar-refractivity contribution in [3.8, 4) is 0 Å². The third kappa shape index (κ3) is 5.17. The Balaban J connectivity index is 2.43. The van der Waals surface area contributed by atoms with Gasteiger partial charge < -0.3 is 5.11 Å². The Morgan fingerprint density at radius 3 is 1.60 bits per heavy atom. The first kappa shape index (κ1) is 19.7. The molecule has 2 aromatic carbocycles. The van der Waals surface area contributed by atoms with Crippen molar-refractivity contribution in [3.63, 3.8) is 0 Å². The molecule has 0 aliphatic rings. The van der Waals surface area contributed by atoms with Crippen molar-refractivity contribution in [1.82, 2.24) is 0 Å². The van der Waals surface area contributed by atoms with Crippen molar-refractivity contribution in [2.45, 2.75) is 16.9 Å². The Morgan fingerprint density at radius 1 is 0.880 bits per heavy atom. The van der Waals surface area contributed by atoms with Crippen molar-refractivity contribution in [2.75, 3.05) is 0 Å². The zero-order chi connectivity index (χ0) is 18.6. The lowest BCUT2D eigenvalue weighted by atomic mass is 10.0. The van der Waals surface area contributed by atoms with E-state index < -0.39 is 28.7 Å². The molecule has 1 N–H and O–H groups in total. The van der Waals surface area contributed by atoms with Gasteiger partial charge in [0.2, 0.25) is 5.78 Å². The van der Waals surface area contributed by atoms with Gasteiger partial charge in [-0.2, -0.15) is 0 Å². The van der Waals surface area contributed by atoms with Crippen LogP contribution in [0, 0.1) is 0 Å². The number of Topliss-reactive ketones (excluding diaryl/α,β-unsaturated/α-hetero) is 1. The van der Waals surface area contributed by atoms with Crippen molar-refractivity contribution in [1.29, 1.82) is 0 Å². The van der Waals surface area contributed by atoms with Crippen molar-refractivity contribution >= 4 is 46.7 Å². The molecular formula is C17H12Cl2F2O3S. The molecule has 3 nitrogen and oxygen atoms in total. The highest BCUT2D eigenvalue weighted by atomic mass is 35.5. The van der Waals surface area contributed by atoms with Gasteiger partial charge in [0.25, 0.3) is 6.43 Å². The number of halogens is 4. The molecule has 0 amide bonds. The van der Waals surface area contributed by atoms with Gasteiger partial charge in [-0.3, -0.25) is 9.59 Å². The fourth-order valence-electron chi connectivity index (χ4n) is 2.12. The number of hydrogen-bond acceptors (Lipinski definition) is 3. The zero-order valence-corrected chi connectivity index (χ0v) is 14.9. The number of thioether (sulfide) groups is 1. The average Bonchev–Trinajstić information content (AvgIpc) is 2.57. The first-order valence-electron chi connectivity index (χ1n) is 7.00. The fourth-order valence-corrected chi connectivity index (χ4v) is 3.63. The number of ketones is 1. The summed E-state index contributed by atoms with van der Waals surface area (Å²) >= 11 is 12.4. The molecule has 0 saturated heterocycles. The Labute approximate surface area is 156 Å². The lowest BCUT2D eigenvalue weighted by molar-refractivity contribution is -0.142. The Morgan fingerprint density at radius 2 is 1.28 bits per heavy atom. The van der Waals surface area contributed by atoms with Gasteiger partial charge in [0, 0.05) is 10.0 Å². The van der Waals surface area contributed by atoms with E-state index in [-0.39, 0.29) is 0 Å². The summed E-state index contributed by atoms with van der Waals surface area (Å²) in [6, 6.07) is 13.0. The SMILES string of the molecule is O=C(O)C(SC(c1ccc(Cl)cc1)c1ccc(Cl)cc1)C(=O)C(F)F. The second kappa shape index (κ2) is 8.65. The molecule has 2 aromatic rings. The fraction of sp³-hybridized carbons (Fsp3) is 0.176. The third-order valence-corrected chi connectivity index (χ3v) is 5.34. The molecule has 0 aliphatic carbocycles. The Bertz CT molecular complexity index is 706. The zero-order valence-electron chi connectivity index (χ0n) is 12.5. The van der Waals surface area contributed by atoms with Crippen molar-refractivity contribution < 1.29 is 23.5 Å². The number of carboxylic acids is 1. The predicted molar refractivity (Wildman–Crippen MR) is 94.8 cm³/mol. The summed E-state index contributed by atoms with van der Waals surface area (Å²) in [5.41, 5.74) is 1.26. The molecule has 132 valence electrons. The van der Waals surface area contributed by atoms with E-state index in [9.17, 15) is 23.5 Å². The molecule has 8 heteroatoms. The first-order chi connectivity index (χ1) is 11.8. The van der Waals surface area contributed by atoms with E-state index in [2.05, 4.69) is 0 Å². The number of aliphatic carboxylic acids is 1. The standard InChI is InChI=1S/C17H12Cl2F2O3S/c18-11-5-1-9(2-6-11)14(10-3-7-12(19)8-4-10)25-15(17(23)24)13(22)16(20)21/h1-8,14-16H,(H,23,24). The number of hydrogen-bond donors (Lipinski definition) is 1. The van der Waals surface area contributed by atoms with Gasteiger partial charge in [-0.1, -0.05) is 47.5 Å². The van der Waals surface area contributed by atoms with Crippen LogP contribution in [0.25, 0.3) is 0 Å². The molecule has 0 heterocycles. The molecule has 0 radical (unpaired) electrons. The molecule has 0 fully saturated rings. The summed E-state index contributed by atoms with van der Waals surface area (Å²) in [5.74, 6) is -3.24. The maximum atomic E-state index is 12.7. The molecule has 0 bridgehead atoms. The third-order valence-electron chi connectivity index (χ3n) is 3.32. The summed E-state index contributed by atoms with van der Waals surface area (Å²) in [6.45, 7) is 0. The van der Waals surface area contributed by atoms with Gasteiger partial charge in [-0.15, -0.1) is 11.8 Å². The van der Waals surface area contributed by atoms with Gasteiger partial charge >= 0.3 is 5.97 Å². The van der Waals surface area contributed by atoms with E-state index in [1.165, 1.54) is 0 Å². The summed E-state index contributed by atoms with van der Waals surface area (Å²) in [6.07, 6.45) is -3.36. The maximum Gasteiger partial charge on any atom is 0.324 e. The second-order valence-electron chi connectivity index (χ2n) is 5.04. The summed E-state index contributed by atoms with van der Waals surface area (Å²) in [4.78, 5) is 22.9. The van der Waals surface area contributed by atoms with Crippen LogP contribution >= 0.6 is 35.0 Å². The van der Waals surface area contributed by atoms with E-state index in [1.54, 1.807) is 48.5 Å². The largest absolute Gasteiger partial charge is 0.480 e. The van der Waals surface area contributed by atoms with E-state index in [0.717, 1.165) is 0 Å². The van der Waals surface area contributed by atoms with Crippen LogP contribution in [0.4, 0.5) is 8.78 Å². The number of rotatable bonds is 7.